The van der Waals surface area contributed by atoms with Gasteiger partial charge < -0.3 is 15.7 Å². The van der Waals surface area contributed by atoms with Crippen LogP contribution >= 0.6 is 0 Å². The van der Waals surface area contributed by atoms with E-state index in [9.17, 15) is 14.7 Å². The summed E-state index contributed by atoms with van der Waals surface area (Å²) in [7, 11) is 0. The van der Waals surface area contributed by atoms with Crippen LogP contribution in [0, 0.1) is 0 Å². The smallest absolute Gasteiger partial charge is 0.245 e. The molecular formula is C20H24N2O3. The fourth-order valence-electron chi connectivity index (χ4n) is 3.43. The standard InChI is InChI=1S/C20H24N2O3/c23-13-18(20(25)21-16-9-2-3-10-16)22-19(24)12-15-8-5-7-14-6-1-4-11-17(14)15/h1,4-8,11,16,18,23H,2-3,9-10,12-13H2,(H,21,25)(H,22,24)/t18-/m0/s1. The Kier molecular flexibility index (Phi) is 5.66. The van der Waals surface area contributed by atoms with Gasteiger partial charge in [0.15, 0.2) is 0 Å². The highest BCUT2D eigenvalue weighted by Gasteiger charge is 2.24. The molecule has 1 fully saturated rings. The summed E-state index contributed by atoms with van der Waals surface area (Å²) in [6.07, 6.45) is 4.33. The fraction of sp³-hybridized carbons (Fsp3) is 0.400. The number of nitrogens with one attached hydrogen (secondary N) is 2. The molecule has 0 unspecified atom stereocenters. The summed E-state index contributed by atoms with van der Waals surface area (Å²) in [5.74, 6) is -0.572. The van der Waals surface area contributed by atoms with Crippen molar-refractivity contribution in [1.29, 1.82) is 0 Å². The first-order valence-corrected chi connectivity index (χ1v) is 8.84. The molecule has 0 saturated heterocycles. The molecule has 0 aromatic heterocycles. The molecule has 132 valence electrons. The molecule has 0 spiro atoms. The lowest BCUT2D eigenvalue weighted by Gasteiger charge is -2.19. The van der Waals surface area contributed by atoms with Gasteiger partial charge in [-0.05, 0) is 29.2 Å². The summed E-state index contributed by atoms with van der Waals surface area (Å²) < 4.78 is 0. The van der Waals surface area contributed by atoms with Crippen molar-refractivity contribution in [2.24, 2.45) is 0 Å². The van der Waals surface area contributed by atoms with Crippen molar-refractivity contribution in [3.8, 4) is 0 Å². The molecule has 0 bridgehead atoms. The van der Waals surface area contributed by atoms with Crippen LogP contribution in [-0.2, 0) is 16.0 Å². The van der Waals surface area contributed by atoms with Crippen LogP contribution in [0.2, 0.25) is 0 Å². The van der Waals surface area contributed by atoms with E-state index in [-0.39, 0.29) is 24.3 Å². The largest absolute Gasteiger partial charge is 0.394 e. The van der Waals surface area contributed by atoms with Crippen LogP contribution in [-0.4, -0.2) is 35.6 Å². The number of carbonyl (C=O) groups excluding carboxylic acids is 2. The molecule has 3 N–H and O–H groups in total. The quantitative estimate of drug-likeness (QED) is 0.752. The Labute approximate surface area is 147 Å². The summed E-state index contributed by atoms with van der Waals surface area (Å²) in [6, 6.07) is 13.0. The summed E-state index contributed by atoms with van der Waals surface area (Å²) in [6.45, 7) is -0.403. The second-order valence-electron chi connectivity index (χ2n) is 6.61. The molecule has 0 heterocycles. The molecule has 2 aromatic carbocycles. The number of benzene rings is 2. The Morgan fingerprint density at radius 2 is 1.80 bits per heavy atom. The molecule has 3 rings (SSSR count). The topological polar surface area (TPSA) is 78.4 Å². The van der Waals surface area contributed by atoms with Gasteiger partial charge in [0.1, 0.15) is 6.04 Å². The zero-order valence-corrected chi connectivity index (χ0v) is 14.2. The van der Waals surface area contributed by atoms with Gasteiger partial charge >= 0.3 is 0 Å². The Hall–Kier alpha value is -2.40. The maximum absolute atomic E-state index is 12.4. The molecular weight excluding hydrogens is 316 g/mol. The maximum Gasteiger partial charge on any atom is 0.245 e. The van der Waals surface area contributed by atoms with Crippen LogP contribution in [0.25, 0.3) is 10.8 Å². The summed E-state index contributed by atoms with van der Waals surface area (Å²) in [5.41, 5.74) is 0.906. The van der Waals surface area contributed by atoms with E-state index in [4.69, 9.17) is 0 Å². The van der Waals surface area contributed by atoms with Crippen molar-refractivity contribution in [2.75, 3.05) is 6.61 Å². The average molecular weight is 340 g/mol. The predicted octanol–water partition coefficient (Wildman–Crippen LogP) is 1.92. The van der Waals surface area contributed by atoms with E-state index in [2.05, 4.69) is 10.6 Å². The Bertz CT molecular complexity index is 748. The summed E-state index contributed by atoms with van der Waals surface area (Å²) in [5, 5.41) is 17.1. The van der Waals surface area contributed by atoms with Gasteiger partial charge in [-0.15, -0.1) is 0 Å². The summed E-state index contributed by atoms with van der Waals surface area (Å²) in [4.78, 5) is 24.6. The van der Waals surface area contributed by atoms with Crippen LogP contribution in [0.15, 0.2) is 42.5 Å². The second-order valence-corrected chi connectivity index (χ2v) is 6.61. The third kappa shape index (κ3) is 4.37. The number of aliphatic hydroxyl groups is 1. The Morgan fingerprint density at radius 1 is 1.08 bits per heavy atom. The van der Waals surface area contributed by atoms with Crippen LogP contribution in [0.3, 0.4) is 0 Å². The van der Waals surface area contributed by atoms with Crippen molar-refractivity contribution in [3.05, 3.63) is 48.0 Å². The van der Waals surface area contributed by atoms with Gasteiger partial charge in [0.25, 0.3) is 0 Å². The number of hydrogen-bond donors (Lipinski definition) is 3. The fourth-order valence-corrected chi connectivity index (χ4v) is 3.43. The van der Waals surface area contributed by atoms with Gasteiger partial charge in [0.2, 0.25) is 11.8 Å². The molecule has 25 heavy (non-hydrogen) atoms. The highest BCUT2D eigenvalue weighted by molar-refractivity contribution is 5.92. The zero-order valence-electron chi connectivity index (χ0n) is 14.2. The van der Waals surface area contributed by atoms with Crippen molar-refractivity contribution < 1.29 is 14.7 Å². The normalized spacial score (nSPS) is 15.9. The molecule has 1 aliphatic carbocycles. The minimum absolute atomic E-state index is 0.163. The first kappa shape index (κ1) is 17.4. The molecule has 2 aromatic rings. The number of hydrogen-bond acceptors (Lipinski definition) is 3. The van der Waals surface area contributed by atoms with Gasteiger partial charge in [-0.3, -0.25) is 9.59 Å². The third-order valence-electron chi connectivity index (χ3n) is 4.77. The van der Waals surface area contributed by atoms with Crippen molar-refractivity contribution in [1.82, 2.24) is 10.6 Å². The molecule has 1 atom stereocenters. The minimum atomic E-state index is -0.900. The zero-order chi connectivity index (χ0) is 17.6. The van der Waals surface area contributed by atoms with E-state index in [0.717, 1.165) is 42.0 Å². The number of aliphatic hydroxyl groups excluding tert-OH is 1. The molecule has 5 nitrogen and oxygen atoms in total. The lowest BCUT2D eigenvalue weighted by Crippen LogP contribution is -2.51. The van der Waals surface area contributed by atoms with E-state index < -0.39 is 12.6 Å². The van der Waals surface area contributed by atoms with Crippen molar-refractivity contribution >= 4 is 22.6 Å². The molecule has 5 heteroatoms. The van der Waals surface area contributed by atoms with Gasteiger partial charge in [0.05, 0.1) is 13.0 Å². The first-order chi connectivity index (χ1) is 12.2. The average Bonchev–Trinajstić information content (AvgIpc) is 3.13. The van der Waals surface area contributed by atoms with Crippen LogP contribution in [0.5, 0.6) is 0 Å². The monoisotopic (exact) mass is 340 g/mol. The SMILES string of the molecule is O=C(Cc1cccc2ccccc12)N[C@@H](CO)C(=O)NC1CCCC1. The Balaban J connectivity index is 1.62. The highest BCUT2D eigenvalue weighted by Crippen LogP contribution is 2.19. The van der Waals surface area contributed by atoms with Gasteiger partial charge in [-0.2, -0.15) is 0 Å². The predicted molar refractivity (Wildman–Crippen MR) is 97.1 cm³/mol. The molecule has 1 aliphatic rings. The van der Waals surface area contributed by atoms with Gasteiger partial charge in [-0.25, -0.2) is 0 Å². The lowest BCUT2D eigenvalue weighted by molar-refractivity contribution is -0.130. The van der Waals surface area contributed by atoms with Crippen molar-refractivity contribution in [2.45, 2.75) is 44.2 Å². The highest BCUT2D eigenvalue weighted by atomic mass is 16.3. The van der Waals surface area contributed by atoms with E-state index in [1.165, 1.54) is 0 Å². The van der Waals surface area contributed by atoms with Gasteiger partial charge in [0, 0.05) is 6.04 Å². The number of fused-ring (bicyclic) bond motifs is 1. The van der Waals surface area contributed by atoms with Gasteiger partial charge in [-0.1, -0.05) is 55.3 Å². The number of rotatable bonds is 6. The summed E-state index contributed by atoms with van der Waals surface area (Å²) >= 11 is 0. The van der Waals surface area contributed by atoms with Crippen LogP contribution in [0.4, 0.5) is 0 Å². The van der Waals surface area contributed by atoms with Crippen molar-refractivity contribution in [3.63, 3.8) is 0 Å². The molecule has 1 saturated carbocycles. The third-order valence-corrected chi connectivity index (χ3v) is 4.77. The minimum Gasteiger partial charge on any atom is -0.394 e. The molecule has 0 aliphatic heterocycles. The number of carbonyl (C=O) groups is 2. The van der Waals surface area contributed by atoms with E-state index in [1.807, 2.05) is 42.5 Å². The maximum atomic E-state index is 12.4. The van der Waals surface area contributed by atoms with Crippen LogP contribution < -0.4 is 10.6 Å². The lowest BCUT2D eigenvalue weighted by atomic mass is 10.0. The van der Waals surface area contributed by atoms with E-state index >= 15 is 0 Å². The second kappa shape index (κ2) is 8.12. The van der Waals surface area contributed by atoms with E-state index in [1.54, 1.807) is 0 Å². The molecule has 2 amide bonds. The first-order valence-electron chi connectivity index (χ1n) is 8.84. The van der Waals surface area contributed by atoms with E-state index in [0.29, 0.717) is 0 Å². The number of amides is 2. The molecule has 0 radical (unpaired) electrons. The van der Waals surface area contributed by atoms with Crippen LogP contribution in [0.1, 0.15) is 31.2 Å². The Morgan fingerprint density at radius 3 is 2.56 bits per heavy atom.